The van der Waals surface area contributed by atoms with Crippen molar-refractivity contribution in [2.75, 3.05) is 5.75 Å². The molecule has 0 radical (unpaired) electrons. The Balaban J connectivity index is 1.84. The molecule has 3 nitrogen and oxygen atoms in total. The minimum absolute atomic E-state index is 0.183. The fraction of sp³-hybridized carbons (Fsp3) is 0.647. The zero-order valence-corrected chi connectivity index (χ0v) is 13.7. The van der Waals surface area contributed by atoms with E-state index in [1.54, 1.807) is 6.07 Å². The van der Waals surface area contributed by atoms with Gasteiger partial charge < -0.3 is 5.32 Å². The van der Waals surface area contributed by atoms with Gasteiger partial charge in [0.1, 0.15) is 0 Å². The molecule has 1 aromatic rings. The standard InChI is InChI=1S/C17H25NO2S/c1-12-6-5-8-15(13(12)2)18-16-10-11-21(19,20)17-9-4-3-7-14(16)17/h3-4,7,9,12-13,15-16,18H,5-6,8,10-11H2,1-2H3. The van der Waals surface area contributed by atoms with E-state index in [0.717, 1.165) is 11.5 Å². The lowest BCUT2D eigenvalue weighted by Gasteiger charge is -2.38. The molecular weight excluding hydrogens is 282 g/mol. The van der Waals surface area contributed by atoms with E-state index >= 15 is 0 Å². The van der Waals surface area contributed by atoms with Gasteiger partial charge in [0.15, 0.2) is 9.84 Å². The number of benzene rings is 1. The second kappa shape index (κ2) is 5.73. The summed E-state index contributed by atoms with van der Waals surface area (Å²) < 4.78 is 24.4. The third kappa shape index (κ3) is 2.88. The van der Waals surface area contributed by atoms with Gasteiger partial charge in [-0.05, 0) is 36.3 Å². The molecule has 1 aliphatic heterocycles. The Morgan fingerprint density at radius 1 is 1.10 bits per heavy atom. The maximum Gasteiger partial charge on any atom is 0.178 e. The number of hydrogen-bond acceptors (Lipinski definition) is 3. The van der Waals surface area contributed by atoms with Crippen molar-refractivity contribution in [2.45, 2.75) is 56.5 Å². The molecule has 1 heterocycles. The Morgan fingerprint density at radius 2 is 1.86 bits per heavy atom. The highest BCUT2D eigenvalue weighted by Gasteiger charge is 2.34. The zero-order chi connectivity index (χ0) is 15.0. The molecule has 1 N–H and O–H groups in total. The van der Waals surface area contributed by atoms with Gasteiger partial charge in [-0.25, -0.2) is 8.42 Å². The average Bonchev–Trinajstić information content (AvgIpc) is 2.47. The lowest BCUT2D eigenvalue weighted by molar-refractivity contribution is 0.191. The molecule has 0 amide bonds. The fourth-order valence-corrected chi connectivity index (χ4v) is 5.46. The summed E-state index contributed by atoms with van der Waals surface area (Å²) in [4.78, 5) is 0.533. The Morgan fingerprint density at radius 3 is 2.67 bits per heavy atom. The minimum atomic E-state index is -3.08. The van der Waals surface area contributed by atoms with Crippen LogP contribution >= 0.6 is 0 Å². The van der Waals surface area contributed by atoms with Crippen molar-refractivity contribution < 1.29 is 8.42 Å². The van der Waals surface area contributed by atoms with Gasteiger partial charge >= 0.3 is 0 Å². The molecule has 3 rings (SSSR count). The molecule has 1 saturated carbocycles. The molecule has 1 aromatic carbocycles. The summed E-state index contributed by atoms with van der Waals surface area (Å²) in [5.41, 5.74) is 0.967. The third-order valence-corrected chi connectivity index (χ3v) is 7.24. The molecule has 0 saturated heterocycles. The first-order valence-corrected chi connectivity index (χ1v) is 9.72. The van der Waals surface area contributed by atoms with Crippen molar-refractivity contribution in [3.63, 3.8) is 0 Å². The van der Waals surface area contributed by atoms with Gasteiger partial charge in [-0.1, -0.05) is 44.9 Å². The van der Waals surface area contributed by atoms with Gasteiger partial charge in [0.2, 0.25) is 0 Å². The zero-order valence-electron chi connectivity index (χ0n) is 12.9. The van der Waals surface area contributed by atoms with Gasteiger partial charge in [-0.3, -0.25) is 0 Å². The fourth-order valence-electron chi connectivity index (χ4n) is 3.84. The van der Waals surface area contributed by atoms with Gasteiger partial charge in [0, 0.05) is 12.1 Å². The van der Waals surface area contributed by atoms with Gasteiger partial charge in [0.05, 0.1) is 10.6 Å². The van der Waals surface area contributed by atoms with Crippen LogP contribution in [0, 0.1) is 11.8 Å². The second-order valence-corrected chi connectivity index (χ2v) is 8.82. The van der Waals surface area contributed by atoms with Crippen molar-refractivity contribution in [3.05, 3.63) is 29.8 Å². The molecular formula is C17H25NO2S. The number of hydrogen-bond donors (Lipinski definition) is 1. The predicted molar refractivity (Wildman–Crippen MR) is 85.0 cm³/mol. The molecule has 0 spiro atoms. The smallest absolute Gasteiger partial charge is 0.178 e. The van der Waals surface area contributed by atoms with Gasteiger partial charge in [-0.2, -0.15) is 0 Å². The number of rotatable bonds is 2. The quantitative estimate of drug-likeness (QED) is 0.911. The van der Waals surface area contributed by atoms with E-state index in [4.69, 9.17) is 0 Å². The molecule has 0 aromatic heterocycles. The highest BCUT2D eigenvalue weighted by molar-refractivity contribution is 7.91. The highest BCUT2D eigenvalue weighted by Crippen LogP contribution is 2.35. The monoisotopic (exact) mass is 307 g/mol. The van der Waals surface area contributed by atoms with Crippen LogP contribution in [0.5, 0.6) is 0 Å². The van der Waals surface area contributed by atoms with Crippen molar-refractivity contribution in [2.24, 2.45) is 11.8 Å². The van der Waals surface area contributed by atoms with Crippen LogP contribution in [0.25, 0.3) is 0 Å². The van der Waals surface area contributed by atoms with E-state index < -0.39 is 9.84 Å². The van der Waals surface area contributed by atoms with Crippen LogP contribution in [0.15, 0.2) is 29.2 Å². The van der Waals surface area contributed by atoms with E-state index in [9.17, 15) is 8.42 Å². The Labute approximate surface area is 128 Å². The Bertz CT molecular complexity index is 611. The average molecular weight is 307 g/mol. The molecule has 1 aliphatic carbocycles. The van der Waals surface area contributed by atoms with E-state index in [0.29, 0.717) is 23.3 Å². The van der Waals surface area contributed by atoms with Crippen LogP contribution < -0.4 is 5.32 Å². The molecule has 1 fully saturated rings. The second-order valence-electron chi connectivity index (χ2n) is 6.74. The summed E-state index contributed by atoms with van der Waals surface area (Å²) in [6.07, 6.45) is 4.48. The van der Waals surface area contributed by atoms with E-state index in [1.165, 1.54) is 19.3 Å². The highest BCUT2D eigenvalue weighted by atomic mass is 32.2. The van der Waals surface area contributed by atoms with Crippen LogP contribution in [-0.2, 0) is 9.84 Å². The molecule has 4 heteroatoms. The van der Waals surface area contributed by atoms with Gasteiger partial charge in [0.25, 0.3) is 0 Å². The summed E-state index contributed by atoms with van der Waals surface area (Å²) in [5.74, 6) is 1.67. The summed E-state index contributed by atoms with van der Waals surface area (Å²) in [5, 5.41) is 3.77. The van der Waals surface area contributed by atoms with E-state index in [2.05, 4.69) is 19.2 Å². The first-order chi connectivity index (χ1) is 9.99. The first kappa shape index (κ1) is 15.0. The topological polar surface area (TPSA) is 46.2 Å². The normalized spacial score (nSPS) is 35.1. The van der Waals surface area contributed by atoms with Crippen molar-refractivity contribution >= 4 is 9.84 Å². The molecule has 0 bridgehead atoms. The van der Waals surface area contributed by atoms with E-state index in [-0.39, 0.29) is 11.8 Å². The summed E-state index contributed by atoms with van der Waals surface area (Å²) in [7, 11) is -3.08. The third-order valence-electron chi connectivity index (χ3n) is 5.43. The molecule has 21 heavy (non-hydrogen) atoms. The maximum absolute atomic E-state index is 12.2. The summed E-state index contributed by atoms with van der Waals surface area (Å²) in [6.45, 7) is 4.66. The van der Waals surface area contributed by atoms with Crippen molar-refractivity contribution in [1.82, 2.24) is 5.32 Å². The SMILES string of the molecule is CC1CCCC(NC2CCS(=O)(=O)c3ccccc32)C1C. The molecule has 4 atom stereocenters. The van der Waals surface area contributed by atoms with Crippen molar-refractivity contribution in [3.8, 4) is 0 Å². The van der Waals surface area contributed by atoms with Crippen LogP contribution in [0.2, 0.25) is 0 Å². The predicted octanol–water partition coefficient (Wildman–Crippen LogP) is 3.32. The van der Waals surface area contributed by atoms with E-state index in [1.807, 2.05) is 18.2 Å². The number of fused-ring (bicyclic) bond motifs is 1. The lowest BCUT2D eigenvalue weighted by Crippen LogP contribution is -2.44. The van der Waals surface area contributed by atoms with Crippen LogP contribution in [0.4, 0.5) is 0 Å². The summed E-state index contributed by atoms with van der Waals surface area (Å²) in [6, 6.07) is 8.19. The lowest BCUT2D eigenvalue weighted by atomic mass is 9.77. The van der Waals surface area contributed by atoms with Crippen LogP contribution in [0.1, 0.15) is 51.1 Å². The first-order valence-electron chi connectivity index (χ1n) is 8.07. The largest absolute Gasteiger partial charge is 0.307 e. The Kier molecular flexibility index (Phi) is 4.10. The van der Waals surface area contributed by atoms with Gasteiger partial charge in [-0.15, -0.1) is 0 Å². The number of sulfone groups is 1. The maximum atomic E-state index is 12.2. The molecule has 116 valence electrons. The molecule has 4 unspecified atom stereocenters. The minimum Gasteiger partial charge on any atom is -0.307 e. The number of nitrogens with one attached hydrogen (secondary N) is 1. The van der Waals surface area contributed by atoms with Crippen LogP contribution in [0.3, 0.4) is 0 Å². The molecule has 2 aliphatic rings. The van der Waals surface area contributed by atoms with Crippen molar-refractivity contribution in [1.29, 1.82) is 0 Å². The Hall–Kier alpha value is -0.870. The summed E-state index contributed by atoms with van der Waals surface area (Å²) >= 11 is 0. The van der Waals surface area contributed by atoms with Crippen LogP contribution in [-0.4, -0.2) is 20.2 Å².